The molecule has 0 radical (unpaired) electrons. The van der Waals surface area contributed by atoms with E-state index in [9.17, 15) is 9.59 Å². The molecule has 2 heterocycles. The largest absolute Gasteiger partial charge is 0.342 e. The minimum absolute atomic E-state index is 0.0301. The van der Waals surface area contributed by atoms with Gasteiger partial charge in [-0.2, -0.15) is 0 Å². The number of carbonyl (C=O) groups excluding carboxylic acids is 2. The Hall–Kier alpha value is -0.900. The number of piperidine rings is 2. The quantitative estimate of drug-likeness (QED) is 0.690. The third-order valence-electron chi connectivity index (χ3n) is 3.87. The molecule has 2 aliphatic heterocycles. The maximum atomic E-state index is 12.1. The highest BCUT2D eigenvalue weighted by atomic mass is 16.2. The van der Waals surface area contributed by atoms with E-state index < -0.39 is 0 Å². The summed E-state index contributed by atoms with van der Waals surface area (Å²) in [6, 6.07) is -0.0301. The Balaban J connectivity index is 1.85. The van der Waals surface area contributed by atoms with Crippen LogP contribution in [0.15, 0.2) is 0 Å². The average molecular weight is 238 g/mol. The molecule has 0 N–H and O–H groups in total. The second kappa shape index (κ2) is 6.15. The Kier molecular flexibility index (Phi) is 4.54. The predicted octanol–water partition coefficient (Wildman–Crippen LogP) is 1.05. The van der Waals surface area contributed by atoms with Gasteiger partial charge in [0.2, 0.25) is 5.91 Å². The van der Waals surface area contributed by atoms with Crippen LogP contribution in [0.1, 0.15) is 38.5 Å². The SMILES string of the molecule is O=CC1CCCCN1CC(=O)N1CCCCC1. The first-order chi connectivity index (χ1) is 8.31. The highest BCUT2D eigenvalue weighted by molar-refractivity contribution is 5.79. The number of nitrogens with zero attached hydrogens (tertiary/aromatic N) is 2. The zero-order valence-corrected chi connectivity index (χ0v) is 10.4. The van der Waals surface area contributed by atoms with Gasteiger partial charge in [-0.05, 0) is 38.6 Å². The number of hydrogen-bond donors (Lipinski definition) is 0. The van der Waals surface area contributed by atoms with E-state index in [-0.39, 0.29) is 11.9 Å². The second-order valence-electron chi connectivity index (χ2n) is 5.11. The van der Waals surface area contributed by atoms with Crippen molar-refractivity contribution in [1.29, 1.82) is 0 Å². The first-order valence-electron chi connectivity index (χ1n) is 6.78. The average Bonchev–Trinajstić information content (AvgIpc) is 2.40. The standard InChI is InChI=1S/C13H22N2O2/c16-11-12-6-2-5-9-15(12)10-13(17)14-7-3-1-4-8-14/h11-12H,1-10H2. The molecule has 0 aromatic rings. The van der Waals surface area contributed by atoms with Crippen LogP contribution in [0.25, 0.3) is 0 Å². The van der Waals surface area contributed by atoms with Gasteiger partial charge in [-0.25, -0.2) is 0 Å². The van der Waals surface area contributed by atoms with Gasteiger partial charge >= 0.3 is 0 Å². The van der Waals surface area contributed by atoms with Crippen molar-refractivity contribution in [1.82, 2.24) is 9.80 Å². The third kappa shape index (κ3) is 3.28. The van der Waals surface area contributed by atoms with Crippen LogP contribution in [0.2, 0.25) is 0 Å². The topological polar surface area (TPSA) is 40.6 Å². The van der Waals surface area contributed by atoms with Crippen LogP contribution in [0, 0.1) is 0 Å². The molecule has 1 atom stereocenters. The second-order valence-corrected chi connectivity index (χ2v) is 5.11. The van der Waals surface area contributed by atoms with Crippen molar-refractivity contribution in [2.24, 2.45) is 0 Å². The van der Waals surface area contributed by atoms with Crippen molar-refractivity contribution in [3.05, 3.63) is 0 Å². The van der Waals surface area contributed by atoms with Gasteiger partial charge in [-0.1, -0.05) is 6.42 Å². The summed E-state index contributed by atoms with van der Waals surface area (Å²) in [6.07, 6.45) is 7.63. The molecule has 17 heavy (non-hydrogen) atoms. The number of hydrogen-bond acceptors (Lipinski definition) is 3. The van der Waals surface area contributed by atoms with Gasteiger partial charge in [-0.15, -0.1) is 0 Å². The van der Waals surface area contributed by atoms with Gasteiger partial charge in [0, 0.05) is 13.1 Å². The minimum atomic E-state index is -0.0301. The van der Waals surface area contributed by atoms with E-state index >= 15 is 0 Å². The summed E-state index contributed by atoms with van der Waals surface area (Å²) < 4.78 is 0. The summed E-state index contributed by atoms with van der Waals surface area (Å²) in [5, 5.41) is 0. The molecule has 2 fully saturated rings. The Bertz CT molecular complexity index is 275. The van der Waals surface area contributed by atoms with Gasteiger partial charge in [0.1, 0.15) is 6.29 Å². The van der Waals surface area contributed by atoms with Gasteiger partial charge in [0.15, 0.2) is 0 Å². The molecular formula is C13H22N2O2. The molecule has 2 aliphatic rings. The van der Waals surface area contributed by atoms with E-state index in [4.69, 9.17) is 0 Å². The van der Waals surface area contributed by atoms with E-state index in [1.807, 2.05) is 9.80 Å². The molecule has 96 valence electrons. The lowest BCUT2D eigenvalue weighted by atomic mass is 10.0. The van der Waals surface area contributed by atoms with Crippen molar-refractivity contribution >= 4 is 12.2 Å². The zero-order valence-electron chi connectivity index (χ0n) is 10.4. The molecule has 1 unspecified atom stereocenters. The molecule has 2 rings (SSSR count). The molecule has 0 aromatic heterocycles. The number of amides is 1. The molecular weight excluding hydrogens is 216 g/mol. The Morgan fingerprint density at radius 3 is 2.47 bits per heavy atom. The van der Waals surface area contributed by atoms with Crippen molar-refractivity contribution in [2.45, 2.75) is 44.6 Å². The summed E-state index contributed by atoms with van der Waals surface area (Å²) in [7, 11) is 0. The predicted molar refractivity (Wildman–Crippen MR) is 65.7 cm³/mol. The maximum Gasteiger partial charge on any atom is 0.236 e. The summed E-state index contributed by atoms with van der Waals surface area (Å²) >= 11 is 0. The van der Waals surface area contributed by atoms with E-state index in [2.05, 4.69) is 0 Å². The fourth-order valence-corrected chi connectivity index (χ4v) is 2.78. The van der Waals surface area contributed by atoms with Gasteiger partial charge < -0.3 is 9.69 Å². The lowest BCUT2D eigenvalue weighted by Gasteiger charge is -2.34. The molecule has 0 saturated carbocycles. The molecule has 0 bridgehead atoms. The number of likely N-dealkylation sites (tertiary alicyclic amines) is 2. The zero-order chi connectivity index (χ0) is 12.1. The highest BCUT2D eigenvalue weighted by Crippen LogP contribution is 2.16. The maximum absolute atomic E-state index is 12.1. The Morgan fingerprint density at radius 2 is 1.76 bits per heavy atom. The lowest BCUT2D eigenvalue weighted by molar-refractivity contribution is -0.134. The highest BCUT2D eigenvalue weighted by Gasteiger charge is 2.26. The first kappa shape index (κ1) is 12.6. The minimum Gasteiger partial charge on any atom is -0.342 e. The molecule has 1 amide bonds. The smallest absolute Gasteiger partial charge is 0.236 e. The summed E-state index contributed by atoms with van der Waals surface area (Å²) in [5.74, 6) is 0.207. The summed E-state index contributed by atoms with van der Waals surface area (Å²) in [5.41, 5.74) is 0. The van der Waals surface area contributed by atoms with Crippen LogP contribution in [-0.2, 0) is 9.59 Å². The number of rotatable bonds is 3. The number of aldehydes is 1. The molecule has 0 spiro atoms. The van der Waals surface area contributed by atoms with Crippen LogP contribution in [0.5, 0.6) is 0 Å². The van der Waals surface area contributed by atoms with Gasteiger partial charge in [-0.3, -0.25) is 9.69 Å². The van der Waals surface area contributed by atoms with E-state index in [1.54, 1.807) is 0 Å². The Morgan fingerprint density at radius 1 is 1.06 bits per heavy atom. The number of carbonyl (C=O) groups is 2. The summed E-state index contributed by atoms with van der Waals surface area (Å²) in [6.45, 7) is 3.13. The van der Waals surface area contributed by atoms with Crippen LogP contribution in [-0.4, -0.2) is 54.2 Å². The fraction of sp³-hybridized carbons (Fsp3) is 0.846. The Labute approximate surface area is 103 Å². The van der Waals surface area contributed by atoms with Crippen molar-refractivity contribution in [2.75, 3.05) is 26.2 Å². The molecule has 0 aliphatic carbocycles. The molecule has 4 heteroatoms. The van der Waals surface area contributed by atoms with E-state index in [0.29, 0.717) is 6.54 Å². The lowest BCUT2D eigenvalue weighted by Crippen LogP contribution is -2.48. The van der Waals surface area contributed by atoms with Crippen molar-refractivity contribution < 1.29 is 9.59 Å². The van der Waals surface area contributed by atoms with Crippen LogP contribution in [0.4, 0.5) is 0 Å². The summed E-state index contributed by atoms with van der Waals surface area (Å²) in [4.78, 5) is 27.1. The molecule has 0 aromatic carbocycles. The fourth-order valence-electron chi connectivity index (χ4n) is 2.78. The third-order valence-corrected chi connectivity index (χ3v) is 3.87. The van der Waals surface area contributed by atoms with Gasteiger partial charge in [0.25, 0.3) is 0 Å². The van der Waals surface area contributed by atoms with Crippen molar-refractivity contribution in [3.63, 3.8) is 0 Å². The monoisotopic (exact) mass is 238 g/mol. The van der Waals surface area contributed by atoms with Crippen LogP contribution in [0.3, 0.4) is 0 Å². The first-order valence-corrected chi connectivity index (χ1v) is 6.78. The van der Waals surface area contributed by atoms with E-state index in [1.165, 1.54) is 6.42 Å². The van der Waals surface area contributed by atoms with Crippen molar-refractivity contribution in [3.8, 4) is 0 Å². The normalized spacial score (nSPS) is 26.8. The van der Waals surface area contributed by atoms with E-state index in [0.717, 1.165) is 58.0 Å². The molecule has 2 saturated heterocycles. The molecule has 4 nitrogen and oxygen atoms in total. The van der Waals surface area contributed by atoms with Gasteiger partial charge in [0.05, 0.1) is 12.6 Å². The van der Waals surface area contributed by atoms with Crippen LogP contribution < -0.4 is 0 Å². The van der Waals surface area contributed by atoms with Crippen LogP contribution >= 0.6 is 0 Å².